The van der Waals surface area contributed by atoms with Gasteiger partial charge in [0.15, 0.2) is 0 Å². The minimum absolute atomic E-state index is 0.281. The van der Waals surface area contributed by atoms with Crippen LogP contribution in [0.5, 0.6) is 0 Å². The molecule has 1 aliphatic heterocycles. The van der Waals surface area contributed by atoms with Crippen molar-refractivity contribution in [2.24, 2.45) is 0 Å². The van der Waals surface area contributed by atoms with Crippen molar-refractivity contribution in [3.63, 3.8) is 0 Å². The molecule has 1 aromatic heterocycles. The molecule has 1 atom stereocenters. The predicted molar refractivity (Wildman–Crippen MR) is 67.1 cm³/mol. The van der Waals surface area contributed by atoms with Crippen LogP contribution in [-0.4, -0.2) is 19.2 Å². The summed E-state index contributed by atoms with van der Waals surface area (Å²) in [6.07, 6.45) is 2.92. The fraction of sp³-hybridized carbons (Fsp3) is 0.692. The molecule has 16 heavy (non-hydrogen) atoms. The Morgan fingerprint density at radius 2 is 2.38 bits per heavy atom. The maximum atomic E-state index is 6.04. The number of ether oxygens (including phenoxy) is 1. The molecular formula is C13H19NOS. The molecule has 1 unspecified atom stereocenters. The Labute approximate surface area is 101 Å². The smallest absolute Gasteiger partial charge is 0.104 e. The molecule has 2 heterocycles. The summed E-state index contributed by atoms with van der Waals surface area (Å²) in [4.78, 5) is 1.47. The monoisotopic (exact) mass is 237 g/mol. The lowest BCUT2D eigenvalue weighted by Crippen LogP contribution is -2.33. The van der Waals surface area contributed by atoms with E-state index >= 15 is 0 Å². The number of nitrogens with one attached hydrogen (secondary N) is 1. The summed E-state index contributed by atoms with van der Waals surface area (Å²) in [5, 5.41) is 5.70. The van der Waals surface area contributed by atoms with Gasteiger partial charge in [-0.1, -0.05) is 13.8 Å². The Kier molecular flexibility index (Phi) is 2.57. The van der Waals surface area contributed by atoms with Crippen molar-refractivity contribution < 1.29 is 4.74 Å². The van der Waals surface area contributed by atoms with Gasteiger partial charge >= 0.3 is 0 Å². The first-order valence-electron chi connectivity index (χ1n) is 6.14. The van der Waals surface area contributed by atoms with Crippen molar-refractivity contribution >= 4 is 11.3 Å². The zero-order chi connectivity index (χ0) is 11.2. The van der Waals surface area contributed by atoms with Crippen LogP contribution in [0.25, 0.3) is 0 Å². The number of hydrogen-bond donors (Lipinski definition) is 1. The molecule has 1 fully saturated rings. The molecule has 1 spiro atoms. The maximum absolute atomic E-state index is 6.04. The maximum Gasteiger partial charge on any atom is 0.104 e. The first-order valence-corrected chi connectivity index (χ1v) is 7.02. The van der Waals surface area contributed by atoms with E-state index in [0.29, 0.717) is 11.5 Å². The van der Waals surface area contributed by atoms with Gasteiger partial charge in [0.1, 0.15) is 6.10 Å². The highest BCUT2D eigenvalue weighted by atomic mass is 32.1. The predicted octanol–water partition coefficient (Wildman–Crippen LogP) is 2.85. The van der Waals surface area contributed by atoms with Crippen LogP contribution in [0.4, 0.5) is 0 Å². The Morgan fingerprint density at radius 1 is 1.56 bits per heavy atom. The fourth-order valence-corrected chi connectivity index (χ4v) is 3.55. The van der Waals surface area contributed by atoms with Crippen molar-refractivity contribution in [2.75, 3.05) is 13.2 Å². The molecule has 1 N–H and O–H groups in total. The van der Waals surface area contributed by atoms with Crippen molar-refractivity contribution in [1.82, 2.24) is 5.32 Å². The molecule has 2 aliphatic rings. The van der Waals surface area contributed by atoms with Crippen molar-refractivity contribution in [1.29, 1.82) is 0 Å². The van der Waals surface area contributed by atoms with E-state index in [-0.39, 0.29) is 6.10 Å². The minimum Gasteiger partial charge on any atom is -0.370 e. The van der Waals surface area contributed by atoms with Crippen LogP contribution in [0.15, 0.2) is 11.4 Å². The Bertz CT molecular complexity index is 381. The number of rotatable bonds is 3. The highest BCUT2D eigenvalue weighted by Crippen LogP contribution is 2.55. The van der Waals surface area contributed by atoms with E-state index < -0.39 is 0 Å². The summed E-state index contributed by atoms with van der Waals surface area (Å²) in [5.74, 6) is 0. The van der Waals surface area contributed by atoms with Crippen LogP contribution in [0.2, 0.25) is 0 Å². The average molecular weight is 237 g/mol. The number of hydrogen-bond acceptors (Lipinski definition) is 3. The summed E-state index contributed by atoms with van der Waals surface area (Å²) in [6.45, 7) is 6.24. The molecule has 0 bridgehead atoms. The van der Waals surface area contributed by atoms with Crippen LogP contribution in [0.3, 0.4) is 0 Å². The molecule has 1 aromatic rings. The van der Waals surface area contributed by atoms with Crippen LogP contribution in [-0.2, 0) is 10.2 Å². The minimum atomic E-state index is 0.281. The van der Waals surface area contributed by atoms with Gasteiger partial charge in [-0.3, -0.25) is 0 Å². The first-order chi connectivity index (χ1) is 7.71. The van der Waals surface area contributed by atoms with Gasteiger partial charge in [-0.05, 0) is 29.9 Å². The fourth-order valence-electron chi connectivity index (χ4n) is 2.48. The molecule has 0 aromatic carbocycles. The highest BCUT2D eigenvalue weighted by Gasteiger charge is 2.50. The Hall–Kier alpha value is -0.380. The second kappa shape index (κ2) is 3.83. The van der Waals surface area contributed by atoms with Crippen molar-refractivity contribution in [2.45, 2.75) is 44.2 Å². The Morgan fingerprint density at radius 3 is 3.06 bits per heavy atom. The molecular weight excluding hydrogens is 218 g/mol. The zero-order valence-electron chi connectivity index (χ0n) is 9.95. The quantitative estimate of drug-likeness (QED) is 0.873. The van der Waals surface area contributed by atoms with E-state index in [1.807, 2.05) is 11.3 Å². The summed E-state index contributed by atoms with van der Waals surface area (Å²) < 4.78 is 6.04. The Balaban J connectivity index is 1.79. The standard InChI is InChI=1S/C13H19NOS/c1-9(2)14-7-11-12-10(3-6-16-12)13(4-5-13)8-15-11/h3,6,9,11,14H,4-5,7-8H2,1-2H3. The number of fused-ring (bicyclic) bond motifs is 2. The topological polar surface area (TPSA) is 21.3 Å². The van der Waals surface area contributed by atoms with Gasteiger partial charge in [0.05, 0.1) is 6.61 Å². The normalized spacial score (nSPS) is 26.1. The van der Waals surface area contributed by atoms with E-state index in [1.54, 1.807) is 5.56 Å². The van der Waals surface area contributed by atoms with Crippen LogP contribution in [0.1, 0.15) is 43.2 Å². The van der Waals surface area contributed by atoms with E-state index in [0.717, 1.165) is 13.2 Å². The van der Waals surface area contributed by atoms with Gasteiger partial charge < -0.3 is 10.1 Å². The molecule has 0 saturated heterocycles. The molecule has 0 amide bonds. The van der Waals surface area contributed by atoms with Crippen molar-refractivity contribution in [3.8, 4) is 0 Å². The van der Waals surface area contributed by atoms with E-state index in [1.165, 1.54) is 17.7 Å². The lowest BCUT2D eigenvalue weighted by atomic mass is 9.93. The van der Waals surface area contributed by atoms with E-state index in [9.17, 15) is 0 Å². The van der Waals surface area contributed by atoms with Gasteiger partial charge in [-0.25, -0.2) is 0 Å². The van der Waals surface area contributed by atoms with E-state index in [2.05, 4.69) is 30.6 Å². The second-order valence-corrected chi connectivity index (χ2v) is 6.29. The molecule has 1 aliphatic carbocycles. The molecule has 1 saturated carbocycles. The molecule has 2 nitrogen and oxygen atoms in total. The lowest BCUT2D eigenvalue weighted by Gasteiger charge is -2.30. The average Bonchev–Trinajstić information content (AvgIpc) is 2.84. The SMILES string of the molecule is CC(C)NCC1OCC2(CC2)c2ccsc21. The van der Waals surface area contributed by atoms with Gasteiger partial charge in [0.25, 0.3) is 0 Å². The summed E-state index contributed by atoms with van der Waals surface area (Å²) in [7, 11) is 0. The van der Waals surface area contributed by atoms with Gasteiger partial charge in [0, 0.05) is 22.9 Å². The third-order valence-corrected chi connectivity index (χ3v) is 4.69. The first kappa shape index (κ1) is 10.8. The van der Waals surface area contributed by atoms with Crippen molar-refractivity contribution in [3.05, 3.63) is 21.9 Å². The van der Waals surface area contributed by atoms with E-state index in [4.69, 9.17) is 4.74 Å². The third kappa shape index (κ3) is 1.71. The van der Waals surface area contributed by atoms with Crippen LogP contribution in [0, 0.1) is 0 Å². The largest absolute Gasteiger partial charge is 0.370 e. The molecule has 0 radical (unpaired) electrons. The highest BCUT2D eigenvalue weighted by molar-refractivity contribution is 7.10. The third-order valence-electron chi connectivity index (χ3n) is 3.68. The molecule has 88 valence electrons. The molecule has 3 heteroatoms. The van der Waals surface area contributed by atoms with Gasteiger partial charge in [-0.2, -0.15) is 0 Å². The lowest BCUT2D eigenvalue weighted by molar-refractivity contribution is 0.0240. The summed E-state index contributed by atoms with van der Waals surface area (Å²) in [6, 6.07) is 2.85. The summed E-state index contributed by atoms with van der Waals surface area (Å²) >= 11 is 1.86. The second-order valence-electron chi connectivity index (χ2n) is 5.34. The van der Waals surface area contributed by atoms with Gasteiger partial charge in [-0.15, -0.1) is 11.3 Å². The number of thiophene rings is 1. The zero-order valence-corrected chi connectivity index (χ0v) is 10.8. The summed E-state index contributed by atoms with van der Waals surface area (Å²) in [5.41, 5.74) is 2.00. The van der Waals surface area contributed by atoms with Crippen LogP contribution < -0.4 is 5.32 Å². The van der Waals surface area contributed by atoms with Gasteiger partial charge in [0.2, 0.25) is 0 Å². The van der Waals surface area contributed by atoms with Crippen LogP contribution >= 0.6 is 11.3 Å². The molecule has 3 rings (SSSR count).